The van der Waals surface area contributed by atoms with Crippen LogP contribution in [0.1, 0.15) is 19.4 Å². The second kappa shape index (κ2) is 7.32. The normalized spacial score (nSPS) is 11.4. The predicted molar refractivity (Wildman–Crippen MR) is 70.0 cm³/mol. The Labute approximate surface area is 107 Å². The van der Waals surface area contributed by atoms with E-state index in [2.05, 4.69) is 16.0 Å². The third-order valence-corrected chi connectivity index (χ3v) is 2.39. The Balaban J connectivity index is 2.31. The number of rotatable bonds is 5. The molecule has 3 N–H and O–H groups in total. The average Bonchev–Trinajstić information content (AvgIpc) is 2.38. The van der Waals surface area contributed by atoms with Gasteiger partial charge in [0.2, 0.25) is 5.91 Å². The van der Waals surface area contributed by atoms with E-state index in [1.165, 1.54) is 0 Å². The summed E-state index contributed by atoms with van der Waals surface area (Å²) in [5, 5.41) is 7.91. The van der Waals surface area contributed by atoms with Crippen LogP contribution in [0.2, 0.25) is 0 Å². The second-order valence-corrected chi connectivity index (χ2v) is 3.93. The molecule has 0 heterocycles. The van der Waals surface area contributed by atoms with Crippen molar-refractivity contribution in [2.45, 2.75) is 26.4 Å². The zero-order chi connectivity index (χ0) is 13.4. The number of benzene rings is 1. The zero-order valence-electron chi connectivity index (χ0n) is 10.7. The first-order valence-electron chi connectivity index (χ1n) is 5.99. The van der Waals surface area contributed by atoms with Gasteiger partial charge in [-0.05, 0) is 19.4 Å². The van der Waals surface area contributed by atoms with Crippen molar-refractivity contribution in [2.24, 2.45) is 0 Å². The molecule has 0 aliphatic heterocycles. The molecule has 0 aromatic heterocycles. The van der Waals surface area contributed by atoms with E-state index < -0.39 is 6.04 Å². The molecule has 0 fully saturated rings. The van der Waals surface area contributed by atoms with Gasteiger partial charge >= 0.3 is 6.03 Å². The Morgan fingerprint density at radius 3 is 2.44 bits per heavy atom. The van der Waals surface area contributed by atoms with Gasteiger partial charge in [0, 0.05) is 13.1 Å². The summed E-state index contributed by atoms with van der Waals surface area (Å²) in [6, 6.07) is 8.69. The van der Waals surface area contributed by atoms with E-state index in [0.29, 0.717) is 13.1 Å². The fourth-order valence-electron chi connectivity index (χ4n) is 1.42. The molecule has 18 heavy (non-hydrogen) atoms. The lowest BCUT2D eigenvalue weighted by Gasteiger charge is -2.14. The minimum atomic E-state index is -0.541. The number of hydrogen-bond donors (Lipinski definition) is 3. The smallest absolute Gasteiger partial charge is 0.315 e. The summed E-state index contributed by atoms with van der Waals surface area (Å²) in [5.41, 5.74) is 1.01. The molecule has 0 saturated carbocycles. The fraction of sp³-hybridized carbons (Fsp3) is 0.385. The topological polar surface area (TPSA) is 70.2 Å². The van der Waals surface area contributed by atoms with Crippen molar-refractivity contribution in [1.29, 1.82) is 0 Å². The molecule has 0 radical (unpaired) electrons. The summed E-state index contributed by atoms with van der Waals surface area (Å²) in [6.07, 6.45) is 0. The maximum Gasteiger partial charge on any atom is 0.315 e. The highest BCUT2D eigenvalue weighted by molar-refractivity contribution is 5.86. The van der Waals surface area contributed by atoms with Gasteiger partial charge in [0.05, 0.1) is 0 Å². The largest absolute Gasteiger partial charge is 0.355 e. The Hall–Kier alpha value is -2.04. The van der Waals surface area contributed by atoms with Crippen LogP contribution in [-0.4, -0.2) is 24.5 Å². The molecule has 1 aromatic carbocycles. The van der Waals surface area contributed by atoms with Gasteiger partial charge in [-0.3, -0.25) is 4.79 Å². The molecule has 98 valence electrons. The van der Waals surface area contributed by atoms with E-state index in [1.807, 2.05) is 37.3 Å². The molecule has 1 atom stereocenters. The van der Waals surface area contributed by atoms with Crippen molar-refractivity contribution < 1.29 is 9.59 Å². The Kier molecular flexibility index (Phi) is 5.70. The van der Waals surface area contributed by atoms with Crippen LogP contribution in [0, 0.1) is 0 Å². The van der Waals surface area contributed by atoms with Crippen LogP contribution in [0.5, 0.6) is 0 Å². The third kappa shape index (κ3) is 4.86. The first-order valence-corrected chi connectivity index (χ1v) is 5.99. The second-order valence-electron chi connectivity index (χ2n) is 3.93. The lowest BCUT2D eigenvalue weighted by molar-refractivity contribution is -0.122. The lowest BCUT2D eigenvalue weighted by atomic mass is 10.2. The number of likely N-dealkylation sites (N-methyl/N-ethyl adjacent to an activating group) is 1. The Bertz CT molecular complexity index is 392. The highest BCUT2D eigenvalue weighted by Crippen LogP contribution is 1.96. The van der Waals surface area contributed by atoms with E-state index in [4.69, 9.17) is 0 Å². The quantitative estimate of drug-likeness (QED) is 0.729. The highest BCUT2D eigenvalue weighted by atomic mass is 16.2. The summed E-state index contributed by atoms with van der Waals surface area (Å²) in [6.45, 7) is 4.47. The minimum Gasteiger partial charge on any atom is -0.355 e. The van der Waals surface area contributed by atoms with Crippen molar-refractivity contribution >= 4 is 11.9 Å². The molecule has 0 saturated heterocycles. The van der Waals surface area contributed by atoms with E-state index in [9.17, 15) is 9.59 Å². The van der Waals surface area contributed by atoms with Gasteiger partial charge < -0.3 is 16.0 Å². The number of carbonyl (C=O) groups is 2. The SMILES string of the molecule is CCNC(=O)[C@H](C)NC(=O)NCc1ccccc1. The molecule has 0 unspecified atom stereocenters. The van der Waals surface area contributed by atoms with Gasteiger partial charge in [0.1, 0.15) is 6.04 Å². The lowest BCUT2D eigenvalue weighted by Crippen LogP contribution is -2.48. The average molecular weight is 249 g/mol. The number of nitrogens with one attached hydrogen (secondary N) is 3. The van der Waals surface area contributed by atoms with Crippen molar-refractivity contribution in [3.05, 3.63) is 35.9 Å². The maximum atomic E-state index is 11.5. The van der Waals surface area contributed by atoms with Crippen LogP contribution in [0.4, 0.5) is 4.79 Å². The van der Waals surface area contributed by atoms with Crippen molar-refractivity contribution in [3.63, 3.8) is 0 Å². The van der Waals surface area contributed by atoms with Gasteiger partial charge in [-0.2, -0.15) is 0 Å². The molecular formula is C13H19N3O2. The van der Waals surface area contributed by atoms with Gasteiger partial charge in [-0.15, -0.1) is 0 Å². The maximum absolute atomic E-state index is 11.5. The molecule has 0 aliphatic rings. The first-order chi connectivity index (χ1) is 8.63. The van der Waals surface area contributed by atoms with Crippen LogP contribution in [-0.2, 0) is 11.3 Å². The number of carbonyl (C=O) groups excluding carboxylic acids is 2. The first kappa shape index (κ1) is 14.0. The highest BCUT2D eigenvalue weighted by Gasteiger charge is 2.13. The van der Waals surface area contributed by atoms with Crippen LogP contribution in [0.25, 0.3) is 0 Å². The molecule has 1 rings (SSSR count). The van der Waals surface area contributed by atoms with E-state index in [0.717, 1.165) is 5.56 Å². The summed E-state index contributed by atoms with van der Waals surface area (Å²) in [5.74, 6) is -0.188. The summed E-state index contributed by atoms with van der Waals surface area (Å²) < 4.78 is 0. The van der Waals surface area contributed by atoms with Crippen LogP contribution in [0.3, 0.4) is 0 Å². The van der Waals surface area contributed by atoms with Crippen molar-refractivity contribution in [2.75, 3.05) is 6.54 Å². The summed E-state index contributed by atoms with van der Waals surface area (Å²) in [7, 11) is 0. The number of urea groups is 1. The van der Waals surface area contributed by atoms with Gasteiger partial charge in [0.15, 0.2) is 0 Å². The monoisotopic (exact) mass is 249 g/mol. The van der Waals surface area contributed by atoms with E-state index in [-0.39, 0.29) is 11.9 Å². The minimum absolute atomic E-state index is 0.188. The molecular weight excluding hydrogens is 230 g/mol. The Morgan fingerprint density at radius 2 is 1.83 bits per heavy atom. The van der Waals surface area contributed by atoms with Crippen LogP contribution < -0.4 is 16.0 Å². The molecule has 5 heteroatoms. The molecule has 0 spiro atoms. The zero-order valence-corrected chi connectivity index (χ0v) is 10.7. The number of amides is 3. The third-order valence-electron chi connectivity index (χ3n) is 2.39. The van der Waals surface area contributed by atoms with Crippen LogP contribution >= 0.6 is 0 Å². The van der Waals surface area contributed by atoms with Crippen LogP contribution in [0.15, 0.2) is 30.3 Å². The fourth-order valence-corrected chi connectivity index (χ4v) is 1.42. The molecule has 5 nitrogen and oxygen atoms in total. The van der Waals surface area contributed by atoms with E-state index in [1.54, 1.807) is 6.92 Å². The van der Waals surface area contributed by atoms with Crippen molar-refractivity contribution in [3.8, 4) is 0 Å². The number of hydrogen-bond acceptors (Lipinski definition) is 2. The van der Waals surface area contributed by atoms with E-state index >= 15 is 0 Å². The van der Waals surface area contributed by atoms with Gasteiger partial charge in [0.25, 0.3) is 0 Å². The van der Waals surface area contributed by atoms with Gasteiger partial charge in [-0.25, -0.2) is 4.79 Å². The molecule has 3 amide bonds. The Morgan fingerprint density at radius 1 is 1.17 bits per heavy atom. The van der Waals surface area contributed by atoms with Crippen molar-refractivity contribution in [1.82, 2.24) is 16.0 Å². The standard InChI is InChI=1S/C13H19N3O2/c1-3-14-12(17)10(2)16-13(18)15-9-11-7-5-4-6-8-11/h4-8,10H,3,9H2,1-2H3,(H,14,17)(H2,15,16,18)/t10-/m0/s1. The summed E-state index contributed by atoms with van der Waals surface area (Å²) in [4.78, 5) is 22.9. The predicted octanol–water partition coefficient (Wildman–Crippen LogP) is 1.01. The summed E-state index contributed by atoms with van der Waals surface area (Å²) >= 11 is 0. The molecule has 1 aromatic rings. The molecule has 0 aliphatic carbocycles. The molecule has 0 bridgehead atoms. The van der Waals surface area contributed by atoms with Gasteiger partial charge in [-0.1, -0.05) is 30.3 Å².